The quantitative estimate of drug-likeness (QED) is 0.851. The van der Waals surface area contributed by atoms with Crippen LogP contribution in [0, 0.1) is 0 Å². The number of rotatable bonds is 2. The number of benzene rings is 1. The van der Waals surface area contributed by atoms with Crippen LogP contribution in [0.25, 0.3) is 0 Å². The largest absolute Gasteiger partial charge is 0.493 e. The number of carbonyl (C=O) groups excluding carboxylic acids is 1. The molecule has 0 aliphatic carbocycles. The highest BCUT2D eigenvalue weighted by molar-refractivity contribution is 5.85. The van der Waals surface area contributed by atoms with Gasteiger partial charge in [0.05, 0.1) is 12.5 Å². The minimum atomic E-state index is -0.0728. The van der Waals surface area contributed by atoms with E-state index >= 15 is 0 Å². The van der Waals surface area contributed by atoms with Crippen LogP contribution in [0.3, 0.4) is 0 Å². The molecule has 1 fully saturated rings. The molecule has 0 N–H and O–H groups in total. The maximum Gasteiger partial charge on any atom is 0.230 e. The van der Waals surface area contributed by atoms with Crippen molar-refractivity contribution >= 4 is 11.7 Å². The number of fused-ring (bicyclic) bond motifs is 1. The highest BCUT2D eigenvalue weighted by atomic mass is 16.5. The smallest absolute Gasteiger partial charge is 0.230 e. The van der Waals surface area contributed by atoms with Gasteiger partial charge in [-0.1, -0.05) is 24.3 Å². The average Bonchev–Trinajstić information content (AvgIpc) is 2.68. The van der Waals surface area contributed by atoms with E-state index in [1.807, 2.05) is 53.6 Å². The summed E-state index contributed by atoms with van der Waals surface area (Å²) in [6, 6.07) is 13.8. The Bertz CT molecular complexity index is 712. The van der Waals surface area contributed by atoms with Crippen LogP contribution in [0.1, 0.15) is 17.9 Å². The van der Waals surface area contributed by atoms with Crippen molar-refractivity contribution in [2.45, 2.75) is 12.3 Å². The molecule has 1 amide bonds. The van der Waals surface area contributed by atoms with E-state index in [-0.39, 0.29) is 11.8 Å². The Kier molecular flexibility index (Phi) is 4.07. The number of para-hydroxylation sites is 1. The van der Waals surface area contributed by atoms with E-state index in [1.165, 1.54) is 0 Å². The molecule has 1 aromatic carbocycles. The van der Waals surface area contributed by atoms with E-state index in [0.717, 1.165) is 49.7 Å². The Morgan fingerprint density at radius 3 is 2.62 bits per heavy atom. The number of carbonyl (C=O) groups is 1. The second kappa shape index (κ2) is 6.51. The summed E-state index contributed by atoms with van der Waals surface area (Å²) in [7, 11) is 0. The van der Waals surface area contributed by atoms with Crippen LogP contribution in [0.2, 0.25) is 0 Å². The minimum absolute atomic E-state index is 0.0728. The molecule has 0 saturated carbocycles. The van der Waals surface area contributed by atoms with Crippen molar-refractivity contribution in [1.29, 1.82) is 0 Å². The Hall–Kier alpha value is -2.56. The maximum absolute atomic E-state index is 13.0. The third-order valence-corrected chi connectivity index (χ3v) is 4.82. The predicted octanol–water partition coefficient (Wildman–Crippen LogP) is 2.30. The molecule has 1 aromatic heterocycles. The molecule has 2 aliphatic rings. The van der Waals surface area contributed by atoms with Crippen LogP contribution in [0.5, 0.6) is 5.75 Å². The number of amides is 1. The number of piperazine rings is 1. The third kappa shape index (κ3) is 2.82. The first-order valence-electron chi connectivity index (χ1n) is 8.49. The SMILES string of the molecule is O=C(C1CCOc2ccccc21)N1CCN(c2ccccn2)CC1. The van der Waals surface area contributed by atoms with Gasteiger partial charge in [0.1, 0.15) is 11.6 Å². The first-order chi connectivity index (χ1) is 11.8. The van der Waals surface area contributed by atoms with Crippen LogP contribution in [-0.4, -0.2) is 48.6 Å². The van der Waals surface area contributed by atoms with E-state index in [2.05, 4.69) is 9.88 Å². The highest BCUT2D eigenvalue weighted by Gasteiger charge is 2.32. The van der Waals surface area contributed by atoms with Gasteiger partial charge < -0.3 is 14.5 Å². The lowest BCUT2D eigenvalue weighted by atomic mass is 9.91. The van der Waals surface area contributed by atoms with E-state index in [0.29, 0.717) is 6.61 Å². The van der Waals surface area contributed by atoms with Crippen molar-refractivity contribution in [3.05, 3.63) is 54.2 Å². The van der Waals surface area contributed by atoms with E-state index < -0.39 is 0 Å². The fourth-order valence-corrected chi connectivity index (χ4v) is 3.52. The van der Waals surface area contributed by atoms with Gasteiger partial charge in [-0.3, -0.25) is 4.79 Å². The van der Waals surface area contributed by atoms with Gasteiger partial charge >= 0.3 is 0 Å². The second-order valence-corrected chi connectivity index (χ2v) is 6.23. The molecular weight excluding hydrogens is 302 g/mol. The molecule has 1 unspecified atom stereocenters. The van der Waals surface area contributed by atoms with Crippen molar-refractivity contribution in [3.8, 4) is 5.75 Å². The van der Waals surface area contributed by atoms with Gasteiger partial charge in [-0.2, -0.15) is 0 Å². The molecular formula is C19H21N3O2. The predicted molar refractivity (Wildman–Crippen MR) is 92.3 cm³/mol. The van der Waals surface area contributed by atoms with Crippen LogP contribution in [0.15, 0.2) is 48.7 Å². The van der Waals surface area contributed by atoms with Crippen LogP contribution < -0.4 is 9.64 Å². The fraction of sp³-hybridized carbons (Fsp3) is 0.368. The molecule has 0 radical (unpaired) electrons. The summed E-state index contributed by atoms with van der Waals surface area (Å²) in [5, 5.41) is 0. The molecule has 1 atom stereocenters. The van der Waals surface area contributed by atoms with Gasteiger partial charge in [0, 0.05) is 37.9 Å². The molecule has 2 aromatic rings. The molecule has 24 heavy (non-hydrogen) atoms. The van der Waals surface area contributed by atoms with E-state index in [9.17, 15) is 4.79 Å². The zero-order valence-corrected chi connectivity index (χ0v) is 13.6. The lowest BCUT2D eigenvalue weighted by Gasteiger charge is -2.38. The van der Waals surface area contributed by atoms with Crippen LogP contribution in [0.4, 0.5) is 5.82 Å². The van der Waals surface area contributed by atoms with Crippen LogP contribution >= 0.6 is 0 Å². The summed E-state index contributed by atoms with van der Waals surface area (Å²) in [4.78, 5) is 21.6. The summed E-state index contributed by atoms with van der Waals surface area (Å²) in [5.41, 5.74) is 1.03. The molecule has 5 nitrogen and oxygen atoms in total. The monoisotopic (exact) mass is 323 g/mol. The van der Waals surface area contributed by atoms with Crippen molar-refractivity contribution in [1.82, 2.24) is 9.88 Å². The second-order valence-electron chi connectivity index (χ2n) is 6.23. The van der Waals surface area contributed by atoms with Crippen molar-refractivity contribution < 1.29 is 9.53 Å². The number of ether oxygens (including phenoxy) is 1. The number of anilines is 1. The number of nitrogens with zero attached hydrogens (tertiary/aromatic N) is 3. The van der Waals surface area contributed by atoms with Gasteiger partial charge in [-0.05, 0) is 24.6 Å². The van der Waals surface area contributed by atoms with Crippen molar-refractivity contribution in [2.75, 3.05) is 37.7 Å². The summed E-state index contributed by atoms with van der Waals surface area (Å²) in [5.74, 6) is 2.00. The van der Waals surface area contributed by atoms with Crippen molar-refractivity contribution in [3.63, 3.8) is 0 Å². The fourth-order valence-electron chi connectivity index (χ4n) is 3.52. The standard InChI is InChI=1S/C19H21N3O2/c23-19(16-8-14-24-17-6-2-1-5-15(16)17)22-12-10-21(11-13-22)18-7-3-4-9-20-18/h1-7,9,16H,8,10-14H2. The summed E-state index contributed by atoms with van der Waals surface area (Å²) < 4.78 is 5.68. The van der Waals surface area contributed by atoms with E-state index in [1.54, 1.807) is 0 Å². The number of aromatic nitrogens is 1. The molecule has 4 rings (SSSR count). The average molecular weight is 323 g/mol. The molecule has 0 spiro atoms. The normalized spacial score (nSPS) is 20.2. The molecule has 124 valence electrons. The first kappa shape index (κ1) is 15.0. The summed E-state index contributed by atoms with van der Waals surface area (Å²) >= 11 is 0. The Balaban J connectivity index is 1.44. The first-order valence-corrected chi connectivity index (χ1v) is 8.49. The van der Waals surface area contributed by atoms with Gasteiger partial charge in [-0.25, -0.2) is 4.98 Å². The Labute approximate surface area is 141 Å². The van der Waals surface area contributed by atoms with Gasteiger partial charge in [-0.15, -0.1) is 0 Å². The molecule has 5 heteroatoms. The molecule has 3 heterocycles. The topological polar surface area (TPSA) is 45.7 Å². The van der Waals surface area contributed by atoms with Crippen molar-refractivity contribution in [2.24, 2.45) is 0 Å². The Morgan fingerprint density at radius 1 is 1.04 bits per heavy atom. The summed E-state index contributed by atoms with van der Waals surface area (Å²) in [6.07, 6.45) is 2.57. The number of pyridine rings is 1. The Morgan fingerprint density at radius 2 is 1.83 bits per heavy atom. The van der Waals surface area contributed by atoms with Gasteiger partial charge in [0.25, 0.3) is 0 Å². The lowest BCUT2D eigenvalue weighted by molar-refractivity contribution is -0.133. The summed E-state index contributed by atoms with van der Waals surface area (Å²) in [6.45, 7) is 3.76. The highest BCUT2D eigenvalue weighted by Crippen LogP contribution is 2.34. The van der Waals surface area contributed by atoms with Gasteiger partial charge in [0.2, 0.25) is 5.91 Å². The zero-order valence-electron chi connectivity index (χ0n) is 13.6. The van der Waals surface area contributed by atoms with Gasteiger partial charge in [0.15, 0.2) is 0 Å². The number of hydrogen-bond acceptors (Lipinski definition) is 4. The molecule has 0 bridgehead atoms. The van der Waals surface area contributed by atoms with E-state index in [4.69, 9.17) is 4.74 Å². The molecule has 2 aliphatic heterocycles. The number of hydrogen-bond donors (Lipinski definition) is 0. The molecule has 1 saturated heterocycles. The lowest BCUT2D eigenvalue weighted by Crippen LogP contribution is -2.50. The van der Waals surface area contributed by atoms with Crippen LogP contribution in [-0.2, 0) is 4.79 Å². The zero-order chi connectivity index (χ0) is 16.4. The maximum atomic E-state index is 13.0. The minimum Gasteiger partial charge on any atom is -0.493 e. The third-order valence-electron chi connectivity index (χ3n) is 4.82.